The van der Waals surface area contributed by atoms with Gasteiger partial charge in [-0.25, -0.2) is 9.97 Å². The predicted octanol–water partition coefficient (Wildman–Crippen LogP) is 9.64. The van der Waals surface area contributed by atoms with Gasteiger partial charge >= 0.3 is 0 Å². The molecule has 0 spiro atoms. The zero-order valence-electron chi connectivity index (χ0n) is 19.8. The van der Waals surface area contributed by atoms with E-state index in [1.165, 1.54) is 36.3 Å². The second-order valence-electron chi connectivity index (χ2n) is 9.45. The SMILES string of the molecule is c1ccc(-c2nc3c(ccc4ccccc43)nc2-c2ccc3cc4sc5ccccc5c4cc3c2)cc1. The Hall–Kier alpha value is -4.60. The number of rotatable bonds is 2. The van der Waals surface area contributed by atoms with E-state index in [1.54, 1.807) is 0 Å². The number of aromatic nitrogens is 2. The highest BCUT2D eigenvalue weighted by molar-refractivity contribution is 7.25. The minimum atomic E-state index is 0.908. The third kappa shape index (κ3) is 3.25. The zero-order valence-corrected chi connectivity index (χ0v) is 20.7. The molecule has 172 valence electrons. The highest BCUT2D eigenvalue weighted by atomic mass is 32.1. The maximum absolute atomic E-state index is 5.25. The zero-order chi connectivity index (χ0) is 24.3. The highest BCUT2D eigenvalue weighted by Gasteiger charge is 2.16. The molecule has 2 heterocycles. The summed E-state index contributed by atoms with van der Waals surface area (Å²) in [6.45, 7) is 0. The van der Waals surface area contributed by atoms with Gasteiger partial charge < -0.3 is 0 Å². The second-order valence-corrected chi connectivity index (χ2v) is 10.5. The van der Waals surface area contributed by atoms with Gasteiger partial charge in [-0.15, -0.1) is 11.3 Å². The highest BCUT2D eigenvalue weighted by Crippen LogP contribution is 2.39. The van der Waals surface area contributed by atoms with Gasteiger partial charge in [0.25, 0.3) is 0 Å². The summed E-state index contributed by atoms with van der Waals surface area (Å²) in [6, 6.07) is 43.0. The summed E-state index contributed by atoms with van der Waals surface area (Å²) in [6.07, 6.45) is 0. The van der Waals surface area contributed by atoms with Crippen LogP contribution in [-0.4, -0.2) is 9.97 Å². The van der Waals surface area contributed by atoms with Gasteiger partial charge in [0.2, 0.25) is 0 Å². The molecule has 8 rings (SSSR count). The minimum absolute atomic E-state index is 0.908. The quantitative estimate of drug-likeness (QED) is 0.226. The van der Waals surface area contributed by atoms with E-state index in [1.807, 2.05) is 17.4 Å². The molecule has 0 radical (unpaired) electrons. The number of thiophene rings is 1. The molecule has 0 fully saturated rings. The molecular weight excluding hydrogens is 468 g/mol. The van der Waals surface area contributed by atoms with E-state index in [0.717, 1.165) is 38.9 Å². The third-order valence-electron chi connectivity index (χ3n) is 7.22. The Labute approximate surface area is 217 Å². The van der Waals surface area contributed by atoms with Gasteiger partial charge in [-0.3, -0.25) is 0 Å². The normalized spacial score (nSPS) is 11.8. The summed E-state index contributed by atoms with van der Waals surface area (Å²) in [7, 11) is 0. The number of benzene rings is 6. The Morgan fingerprint density at radius 3 is 2.11 bits per heavy atom. The Bertz CT molecular complexity index is 2140. The van der Waals surface area contributed by atoms with Crippen LogP contribution in [0.25, 0.3) is 75.3 Å². The average molecular weight is 489 g/mol. The van der Waals surface area contributed by atoms with Crippen molar-refractivity contribution in [2.45, 2.75) is 0 Å². The molecule has 37 heavy (non-hydrogen) atoms. The molecule has 3 heteroatoms. The molecule has 2 nitrogen and oxygen atoms in total. The summed E-state index contributed by atoms with van der Waals surface area (Å²) in [5, 5.41) is 7.38. The molecule has 0 aliphatic rings. The molecule has 0 atom stereocenters. The van der Waals surface area contributed by atoms with Crippen LogP contribution in [0.1, 0.15) is 0 Å². The molecule has 0 bridgehead atoms. The molecule has 0 aliphatic carbocycles. The van der Waals surface area contributed by atoms with Gasteiger partial charge in [0.15, 0.2) is 0 Å². The van der Waals surface area contributed by atoms with Gasteiger partial charge in [-0.1, -0.05) is 91.0 Å². The van der Waals surface area contributed by atoms with Crippen molar-refractivity contribution in [3.8, 4) is 22.5 Å². The van der Waals surface area contributed by atoms with Crippen LogP contribution >= 0.6 is 11.3 Å². The number of hydrogen-bond acceptors (Lipinski definition) is 3. The minimum Gasteiger partial charge on any atom is -0.244 e. The largest absolute Gasteiger partial charge is 0.244 e. The summed E-state index contributed by atoms with van der Waals surface area (Å²) in [5.74, 6) is 0. The van der Waals surface area contributed by atoms with Crippen LogP contribution in [0.3, 0.4) is 0 Å². The van der Waals surface area contributed by atoms with Crippen LogP contribution in [0.2, 0.25) is 0 Å². The fraction of sp³-hybridized carbons (Fsp3) is 0. The van der Waals surface area contributed by atoms with Gasteiger partial charge in [0, 0.05) is 36.7 Å². The second kappa shape index (κ2) is 7.95. The first-order chi connectivity index (χ1) is 18.3. The molecular formula is C34H20N2S. The lowest BCUT2D eigenvalue weighted by Crippen LogP contribution is -1.96. The molecule has 0 N–H and O–H groups in total. The molecule has 0 saturated heterocycles. The van der Waals surface area contributed by atoms with Crippen LogP contribution in [0.4, 0.5) is 0 Å². The topological polar surface area (TPSA) is 25.8 Å². The summed E-state index contributed by atoms with van der Waals surface area (Å²) in [5.41, 5.74) is 5.81. The Kier molecular flexibility index (Phi) is 4.42. The van der Waals surface area contributed by atoms with Crippen LogP contribution in [0.5, 0.6) is 0 Å². The summed E-state index contributed by atoms with van der Waals surface area (Å²) < 4.78 is 2.65. The predicted molar refractivity (Wildman–Crippen MR) is 158 cm³/mol. The molecule has 0 saturated carbocycles. The first-order valence-electron chi connectivity index (χ1n) is 12.4. The van der Waals surface area contributed by atoms with Crippen molar-refractivity contribution in [1.29, 1.82) is 0 Å². The van der Waals surface area contributed by atoms with E-state index in [-0.39, 0.29) is 0 Å². The Morgan fingerprint density at radius 2 is 1.19 bits per heavy atom. The summed E-state index contributed by atoms with van der Waals surface area (Å²) in [4.78, 5) is 10.5. The monoisotopic (exact) mass is 488 g/mol. The number of fused-ring (bicyclic) bond motifs is 7. The summed E-state index contributed by atoms with van der Waals surface area (Å²) >= 11 is 1.86. The first-order valence-corrected chi connectivity index (χ1v) is 13.2. The third-order valence-corrected chi connectivity index (χ3v) is 8.35. The van der Waals surface area contributed by atoms with Crippen molar-refractivity contribution in [2.75, 3.05) is 0 Å². The van der Waals surface area contributed by atoms with Crippen LogP contribution in [0, 0.1) is 0 Å². The molecule has 8 aromatic rings. The van der Waals surface area contributed by atoms with E-state index in [0.29, 0.717) is 0 Å². The fourth-order valence-corrected chi connectivity index (χ4v) is 6.54. The van der Waals surface area contributed by atoms with E-state index < -0.39 is 0 Å². The van der Waals surface area contributed by atoms with Crippen molar-refractivity contribution in [2.24, 2.45) is 0 Å². The maximum Gasteiger partial charge on any atom is 0.0973 e. The fourth-order valence-electron chi connectivity index (χ4n) is 5.40. The first kappa shape index (κ1) is 20.6. The lowest BCUT2D eigenvalue weighted by atomic mass is 9.99. The smallest absolute Gasteiger partial charge is 0.0973 e. The van der Waals surface area contributed by atoms with E-state index in [9.17, 15) is 0 Å². The van der Waals surface area contributed by atoms with Crippen molar-refractivity contribution in [1.82, 2.24) is 9.97 Å². The van der Waals surface area contributed by atoms with Crippen LogP contribution < -0.4 is 0 Å². The van der Waals surface area contributed by atoms with Crippen molar-refractivity contribution < 1.29 is 0 Å². The molecule has 0 unspecified atom stereocenters. The molecule has 6 aromatic carbocycles. The lowest BCUT2D eigenvalue weighted by molar-refractivity contribution is 1.30. The Balaban J connectivity index is 1.41. The van der Waals surface area contributed by atoms with E-state index >= 15 is 0 Å². The molecule has 0 amide bonds. The van der Waals surface area contributed by atoms with Gasteiger partial charge in [-0.2, -0.15) is 0 Å². The number of hydrogen-bond donors (Lipinski definition) is 0. The maximum atomic E-state index is 5.25. The number of nitrogens with zero attached hydrogens (tertiary/aromatic N) is 2. The van der Waals surface area contributed by atoms with Gasteiger partial charge in [0.1, 0.15) is 0 Å². The van der Waals surface area contributed by atoms with E-state index in [2.05, 4.69) is 115 Å². The van der Waals surface area contributed by atoms with Crippen molar-refractivity contribution in [3.05, 3.63) is 121 Å². The lowest BCUT2D eigenvalue weighted by Gasteiger charge is -2.13. The average Bonchev–Trinajstić information content (AvgIpc) is 3.32. The Morgan fingerprint density at radius 1 is 0.432 bits per heavy atom. The van der Waals surface area contributed by atoms with Crippen molar-refractivity contribution >= 4 is 64.1 Å². The molecule has 0 aliphatic heterocycles. The van der Waals surface area contributed by atoms with Crippen LogP contribution in [-0.2, 0) is 0 Å². The van der Waals surface area contributed by atoms with Crippen molar-refractivity contribution in [3.63, 3.8) is 0 Å². The molecule has 2 aromatic heterocycles. The van der Waals surface area contributed by atoms with E-state index in [4.69, 9.17) is 9.97 Å². The van der Waals surface area contributed by atoms with Crippen LogP contribution in [0.15, 0.2) is 121 Å². The van der Waals surface area contributed by atoms with Gasteiger partial charge in [0.05, 0.1) is 22.4 Å². The standard InChI is InChI=1S/C34H20N2S/c1-2-9-22(10-3-1)32-33(35-29-17-16-21-8-4-5-11-26(21)34(29)36-32)24-15-14-23-20-31-28(19-25(23)18-24)27-12-6-7-13-30(27)37-31/h1-20H. The van der Waals surface area contributed by atoms with Gasteiger partial charge in [-0.05, 0) is 46.5 Å².